The summed E-state index contributed by atoms with van der Waals surface area (Å²) < 4.78 is 60.7. The first-order chi connectivity index (χ1) is 21.3. The normalized spacial score (nSPS) is 12.2. The molecule has 13 heteroatoms. The Kier molecular flexibility index (Phi) is 37.8. The van der Waals surface area contributed by atoms with Gasteiger partial charge in [0.15, 0.2) is 0 Å². The van der Waals surface area contributed by atoms with Crippen LogP contribution >= 0.6 is 22.6 Å². The van der Waals surface area contributed by atoms with Crippen LogP contribution in [0, 0.1) is 5.92 Å². The third-order valence-corrected chi connectivity index (χ3v) is 6.21. The Bertz CT molecular complexity index is 547. The minimum atomic E-state index is -0.118. The monoisotopic (exact) mass is 738 g/mol. The fourth-order valence-corrected chi connectivity index (χ4v) is 3.71. The summed E-state index contributed by atoms with van der Waals surface area (Å²) in [5.74, 6) is -0.119. The van der Waals surface area contributed by atoms with Crippen LogP contribution in [0.1, 0.15) is 39.5 Å². The van der Waals surface area contributed by atoms with Gasteiger partial charge in [-0.1, -0.05) is 49.3 Å². The molecule has 0 N–H and O–H groups in total. The maximum Gasteiger partial charge on any atom is 0.308 e. The molecule has 12 nitrogen and oxygen atoms in total. The highest BCUT2D eigenvalue weighted by Crippen LogP contribution is 2.14. The maximum atomic E-state index is 12.0. The summed E-state index contributed by atoms with van der Waals surface area (Å²) in [5, 5.41) is 0. The number of carbonyl (C=O) groups is 1. The average Bonchev–Trinajstić information content (AvgIpc) is 3.02. The van der Waals surface area contributed by atoms with Gasteiger partial charge >= 0.3 is 5.97 Å². The number of hydrogen-bond donors (Lipinski definition) is 0. The van der Waals surface area contributed by atoms with Crippen LogP contribution < -0.4 is 0 Å². The summed E-state index contributed by atoms with van der Waals surface area (Å²) in [7, 11) is 0. The molecule has 0 bridgehead atoms. The minimum Gasteiger partial charge on any atom is -0.463 e. The van der Waals surface area contributed by atoms with Gasteiger partial charge in [0.2, 0.25) is 0 Å². The van der Waals surface area contributed by atoms with Gasteiger partial charge in [0.1, 0.15) is 6.61 Å². The lowest BCUT2D eigenvalue weighted by Gasteiger charge is -2.13. The van der Waals surface area contributed by atoms with Crippen molar-refractivity contribution >= 4 is 28.6 Å². The standard InChI is InChI=1S/C30H59IO12/c1-3-5-6-29(4-2)30(32)43-28-27-42-26-25-41-24-23-40-22-21-39-20-19-38-18-17-37-16-15-36-14-13-35-12-11-34-10-9-33-8-7-31/h29H,3-28H2,1-2H3. The number of esters is 1. The van der Waals surface area contributed by atoms with E-state index in [-0.39, 0.29) is 18.5 Å². The van der Waals surface area contributed by atoms with Crippen LogP contribution in [0.2, 0.25) is 0 Å². The molecular formula is C30H59IO12. The summed E-state index contributed by atoms with van der Waals surface area (Å²) >= 11 is 2.28. The molecule has 0 rings (SSSR count). The van der Waals surface area contributed by atoms with E-state index in [0.29, 0.717) is 126 Å². The van der Waals surface area contributed by atoms with Crippen LogP contribution in [0.25, 0.3) is 0 Å². The van der Waals surface area contributed by atoms with Gasteiger partial charge < -0.3 is 52.1 Å². The average molecular weight is 739 g/mol. The molecule has 1 atom stereocenters. The molecule has 258 valence electrons. The first-order valence-corrected chi connectivity index (χ1v) is 17.3. The summed E-state index contributed by atoms with van der Waals surface area (Å²) in [4.78, 5) is 12.0. The number of unbranched alkanes of at least 4 members (excludes halogenated alkanes) is 1. The van der Waals surface area contributed by atoms with Gasteiger partial charge in [-0.3, -0.25) is 4.79 Å². The molecule has 0 aromatic heterocycles. The molecule has 0 spiro atoms. The first-order valence-electron chi connectivity index (χ1n) is 15.8. The molecule has 43 heavy (non-hydrogen) atoms. The minimum absolute atomic E-state index is 0.000603. The van der Waals surface area contributed by atoms with Crippen molar-refractivity contribution in [3.63, 3.8) is 0 Å². The summed E-state index contributed by atoms with van der Waals surface area (Å²) in [6.45, 7) is 14.9. The van der Waals surface area contributed by atoms with Gasteiger partial charge in [-0.25, -0.2) is 0 Å². The zero-order chi connectivity index (χ0) is 31.3. The van der Waals surface area contributed by atoms with Crippen molar-refractivity contribution in [2.75, 3.05) is 143 Å². The molecule has 0 aliphatic rings. The van der Waals surface area contributed by atoms with Crippen LogP contribution in [0.4, 0.5) is 0 Å². The molecule has 0 aliphatic carbocycles. The molecule has 1 unspecified atom stereocenters. The molecule has 0 aliphatic heterocycles. The number of rotatable bonds is 37. The van der Waals surface area contributed by atoms with Gasteiger partial charge in [-0.05, 0) is 12.8 Å². The van der Waals surface area contributed by atoms with Crippen LogP contribution in [0.3, 0.4) is 0 Å². The Labute approximate surface area is 273 Å². The van der Waals surface area contributed by atoms with Crippen molar-refractivity contribution in [2.24, 2.45) is 5.92 Å². The van der Waals surface area contributed by atoms with Gasteiger partial charge in [-0.2, -0.15) is 0 Å². The fourth-order valence-electron chi connectivity index (χ4n) is 3.39. The van der Waals surface area contributed by atoms with Crippen molar-refractivity contribution in [1.82, 2.24) is 0 Å². The lowest BCUT2D eigenvalue weighted by molar-refractivity contribution is -0.150. The Morgan fingerprint density at radius 3 is 1.00 bits per heavy atom. The van der Waals surface area contributed by atoms with Crippen LogP contribution in [-0.4, -0.2) is 149 Å². The molecule has 0 radical (unpaired) electrons. The maximum absolute atomic E-state index is 12.0. The molecule has 0 amide bonds. The Morgan fingerprint density at radius 1 is 0.465 bits per heavy atom. The van der Waals surface area contributed by atoms with E-state index in [9.17, 15) is 4.79 Å². The van der Waals surface area contributed by atoms with E-state index in [1.807, 2.05) is 6.92 Å². The van der Waals surface area contributed by atoms with Crippen molar-refractivity contribution in [3.05, 3.63) is 0 Å². The van der Waals surface area contributed by atoms with E-state index in [1.165, 1.54) is 0 Å². The molecule has 0 aromatic carbocycles. The zero-order valence-electron chi connectivity index (χ0n) is 26.7. The van der Waals surface area contributed by atoms with Crippen molar-refractivity contribution < 1.29 is 56.9 Å². The largest absolute Gasteiger partial charge is 0.463 e. The second-order valence-corrected chi connectivity index (χ2v) is 10.3. The second-order valence-electron chi connectivity index (χ2n) is 9.23. The SMILES string of the molecule is CCCCC(CC)C(=O)OCCOCCOCCOCCOCCOCCOCCOCCOCCOCCOCCI. The highest BCUT2D eigenvalue weighted by atomic mass is 127. The Balaban J connectivity index is 3.14. The summed E-state index contributed by atoms with van der Waals surface area (Å²) in [5.41, 5.74) is 0. The van der Waals surface area contributed by atoms with E-state index in [2.05, 4.69) is 29.5 Å². The Hall–Kier alpha value is -0.200. The predicted molar refractivity (Wildman–Crippen MR) is 171 cm³/mol. The van der Waals surface area contributed by atoms with Gasteiger partial charge in [0.25, 0.3) is 0 Å². The van der Waals surface area contributed by atoms with E-state index in [1.54, 1.807) is 0 Å². The van der Waals surface area contributed by atoms with Crippen LogP contribution in [-0.2, 0) is 56.9 Å². The van der Waals surface area contributed by atoms with Gasteiger partial charge in [0.05, 0.1) is 138 Å². The second kappa shape index (κ2) is 38.0. The van der Waals surface area contributed by atoms with E-state index >= 15 is 0 Å². The van der Waals surface area contributed by atoms with Crippen molar-refractivity contribution in [2.45, 2.75) is 39.5 Å². The molecule has 0 saturated heterocycles. The lowest BCUT2D eigenvalue weighted by atomic mass is 10.00. The molecule has 0 fully saturated rings. The fraction of sp³-hybridized carbons (Fsp3) is 0.967. The third kappa shape index (κ3) is 34.5. The van der Waals surface area contributed by atoms with E-state index in [0.717, 1.165) is 36.7 Å². The number of alkyl halides is 1. The predicted octanol–water partition coefficient (Wildman–Crippen LogP) is 3.35. The summed E-state index contributed by atoms with van der Waals surface area (Å²) in [6.07, 6.45) is 3.84. The van der Waals surface area contributed by atoms with Crippen LogP contribution in [0.15, 0.2) is 0 Å². The first kappa shape index (κ1) is 42.8. The lowest BCUT2D eigenvalue weighted by Crippen LogP contribution is -2.20. The van der Waals surface area contributed by atoms with E-state index in [4.69, 9.17) is 52.1 Å². The number of hydrogen-bond acceptors (Lipinski definition) is 12. The van der Waals surface area contributed by atoms with Crippen molar-refractivity contribution in [3.8, 4) is 0 Å². The number of carbonyl (C=O) groups excluding carboxylic acids is 1. The molecule has 0 saturated carbocycles. The quantitative estimate of drug-likeness (QED) is 0.0403. The van der Waals surface area contributed by atoms with Crippen molar-refractivity contribution in [1.29, 1.82) is 0 Å². The topological polar surface area (TPSA) is 119 Å². The molecular weight excluding hydrogens is 679 g/mol. The Morgan fingerprint density at radius 2 is 0.744 bits per heavy atom. The van der Waals surface area contributed by atoms with Gasteiger partial charge in [0, 0.05) is 4.43 Å². The summed E-state index contributed by atoms with van der Waals surface area (Å²) in [6, 6.07) is 0. The zero-order valence-corrected chi connectivity index (χ0v) is 28.9. The van der Waals surface area contributed by atoms with E-state index < -0.39 is 0 Å². The van der Waals surface area contributed by atoms with Gasteiger partial charge in [-0.15, -0.1) is 0 Å². The highest BCUT2D eigenvalue weighted by Gasteiger charge is 2.16. The van der Waals surface area contributed by atoms with Crippen LogP contribution in [0.5, 0.6) is 0 Å². The number of ether oxygens (including phenoxy) is 11. The third-order valence-electron chi connectivity index (χ3n) is 5.77. The number of halogens is 1. The molecule has 0 heterocycles. The highest BCUT2D eigenvalue weighted by molar-refractivity contribution is 14.1. The smallest absolute Gasteiger partial charge is 0.308 e. The molecule has 0 aromatic rings.